The monoisotopic (exact) mass is 585 g/mol. The number of benzene rings is 3. The molecule has 0 bridgehead atoms. The molecule has 2 amide bonds. The number of carboxylic acids is 1. The SMILES string of the molecule is Cc1cccc(C(C[C@](Cc2ccccc2)(NC(=O)Oc2ccccc2)C(=O)O)(C(N)=O)N(CCCl)CCCl)c1. The van der Waals surface area contributed by atoms with E-state index in [2.05, 4.69) is 5.32 Å². The Balaban J connectivity index is 2.23. The van der Waals surface area contributed by atoms with E-state index in [0.717, 1.165) is 5.56 Å². The zero-order valence-corrected chi connectivity index (χ0v) is 23.7. The maximum Gasteiger partial charge on any atom is 0.413 e. The zero-order chi connectivity index (χ0) is 29.2. The van der Waals surface area contributed by atoms with Crippen LogP contribution >= 0.6 is 23.2 Å². The number of hydrogen-bond acceptors (Lipinski definition) is 5. The Morgan fingerprint density at radius 3 is 2.05 bits per heavy atom. The van der Waals surface area contributed by atoms with Crippen molar-refractivity contribution in [1.82, 2.24) is 10.2 Å². The van der Waals surface area contributed by atoms with Crippen molar-refractivity contribution < 1.29 is 24.2 Å². The largest absolute Gasteiger partial charge is 0.479 e. The maximum atomic E-state index is 13.6. The van der Waals surface area contributed by atoms with E-state index >= 15 is 0 Å². The number of nitrogens with zero attached hydrogens (tertiary/aromatic N) is 1. The van der Waals surface area contributed by atoms with Gasteiger partial charge in [-0.3, -0.25) is 9.69 Å². The Hall–Kier alpha value is -3.59. The molecule has 10 heteroatoms. The van der Waals surface area contributed by atoms with Crippen LogP contribution in [0.2, 0.25) is 0 Å². The fraction of sp³-hybridized carbons (Fsp3) is 0.300. The van der Waals surface area contributed by atoms with Gasteiger partial charge in [0.15, 0.2) is 0 Å². The van der Waals surface area contributed by atoms with Gasteiger partial charge in [0, 0.05) is 37.7 Å². The third-order valence-electron chi connectivity index (χ3n) is 6.76. The number of amides is 2. The number of aryl methyl sites for hydroxylation is 1. The van der Waals surface area contributed by atoms with E-state index in [1.54, 1.807) is 83.8 Å². The van der Waals surface area contributed by atoms with Gasteiger partial charge in [0.1, 0.15) is 16.8 Å². The van der Waals surface area contributed by atoms with Gasteiger partial charge in [-0.2, -0.15) is 0 Å². The third kappa shape index (κ3) is 7.33. The first-order valence-corrected chi connectivity index (χ1v) is 13.8. The fourth-order valence-corrected chi connectivity index (χ4v) is 5.34. The summed E-state index contributed by atoms with van der Waals surface area (Å²) < 4.78 is 5.43. The summed E-state index contributed by atoms with van der Waals surface area (Å²) >= 11 is 12.3. The summed E-state index contributed by atoms with van der Waals surface area (Å²) in [6.07, 6.45) is -1.59. The number of ether oxygens (including phenoxy) is 1. The van der Waals surface area contributed by atoms with E-state index in [0.29, 0.717) is 11.1 Å². The smallest absolute Gasteiger partial charge is 0.413 e. The van der Waals surface area contributed by atoms with Crippen LogP contribution in [0.15, 0.2) is 84.9 Å². The molecule has 0 heterocycles. The summed E-state index contributed by atoms with van der Waals surface area (Å²) in [5, 5.41) is 13.4. The van der Waals surface area contributed by atoms with Gasteiger partial charge in [-0.1, -0.05) is 78.4 Å². The van der Waals surface area contributed by atoms with E-state index < -0.39 is 35.5 Å². The van der Waals surface area contributed by atoms with Crippen molar-refractivity contribution in [2.75, 3.05) is 24.8 Å². The Labute approximate surface area is 244 Å². The van der Waals surface area contributed by atoms with Crippen molar-refractivity contribution in [2.45, 2.75) is 30.8 Å². The van der Waals surface area contributed by atoms with Gasteiger partial charge >= 0.3 is 12.1 Å². The quantitative estimate of drug-likeness (QED) is 0.236. The normalized spacial score (nSPS) is 14.1. The zero-order valence-electron chi connectivity index (χ0n) is 22.2. The minimum absolute atomic E-state index is 0.125. The van der Waals surface area contributed by atoms with E-state index in [1.807, 2.05) is 13.0 Å². The molecular formula is C30H33Cl2N3O5. The number of alkyl halides is 2. The maximum absolute atomic E-state index is 13.6. The number of carboxylic acid groups (broad SMARTS) is 1. The molecule has 0 radical (unpaired) electrons. The lowest BCUT2D eigenvalue weighted by Gasteiger charge is -2.46. The molecule has 212 valence electrons. The van der Waals surface area contributed by atoms with Crippen LogP contribution in [-0.2, 0) is 21.5 Å². The lowest BCUT2D eigenvalue weighted by molar-refractivity contribution is -0.148. The minimum atomic E-state index is -2.04. The number of aliphatic carboxylic acids is 1. The highest BCUT2D eigenvalue weighted by molar-refractivity contribution is 6.18. The highest BCUT2D eigenvalue weighted by Gasteiger charge is 2.54. The molecule has 0 spiro atoms. The second-order valence-corrected chi connectivity index (χ2v) is 10.3. The van der Waals surface area contributed by atoms with Crippen molar-refractivity contribution in [1.29, 1.82) is 0 Å². The molecule has 0 aliphatic rings. The molecule has 0 saturated heterocycles. The van der Waals surface area contributed by atoms with Crippen molar-refractivity contribution >= 4 is 41.2 Å². The molecule has 4 N–H and O–H groups in total. The Bertz CT molecular complexity index is 1290. The van der Waals surface area contributed by atoms with Crippen LogP contribution in [0, 0.1) is 6.92 Å². The third-order valence-corrected chi connectivity index (χ3v) is 7.10. The predicted molar refractivity (Wildman–Crippen MR) is 156 cm³/mol. The standard InChI is InChI=1S/C30H33Cl2N3O5/c1-22-9-8-12-24(19-22)30(26(33)36,35(17-15-31)18-16-32)21-29(27(37)38,20-23-10-4-2-5-11-23)34-28(39)40-25-13-6-3-7-14-25/h2-14,19H,15-18,20-21H2,1H3,(H2,33,36)(H,34,39)(H,37,38)/t29-,30?/m0/s1. The van der Waals surface area contributed by atoms with Gasteiger partial charge in [0.05, 0.1) is 0 Å². The Morgan fingerprint density at radius 1 is 0.925 bits per heavy atom. The number of nitrogens with one attached hydrogen (secondary N) is 1. The first-order valence-electron chi connectivity index (χ1n) is 12.7. The van der Waals surface area contributed by atoms with Crippen molar-refractivity contribution in [2.24, 2.45) is 5.73 Å². The van der Waals surface area contributed by atoms with Crippen LogP contribution < -0.4 is 15.8 Å². The van der Waals surface area contributed by atoms with E-state index in [-0.39, 0.29) is 37.0 Å². The summed E-state index contributed by atoms with van der Waals surface area (Å²) in [5.41, 5.74) is 4.34. The van der Waals surface area contributed by atoms with Crippen LogP contribution in [0.5, 0.6) is 5.75 Å². The number of primary amides is 1. The summed E-state index contributed by atoms with van der Waals surface area (Å²) in [6.45, 7) is 2.22. The molecule has 1 unspecified atom stereocenters. The fourth-order valence-electron chi connectivity index (χ4n) is 4.93. The number of rotatable bonds is 14. The summed E-state index contributed by atoms with van der Waals surface area (Å²) in [7, 11) is 0. The Morgan fingerprint density at radius 2 is 1.52 bits per heavy atom. The van der Waals surface area contributed by atoms with Gasteiger partial charge in [-0.05, 0) is 30.2 Å². The average molecular weight is 587 g/mol. The molecule has 8 nitrogen and oxygen atoms in total. The van der Waals surface area contributed by atoms with Crippen LogP contribution in [-0.4, -0.2) is 58.4 Å². The first kappa shape index (κ1) is 30.9. The topological polar surface area (TPSA) is 122 Å². The number of nitrogens with two attached hydrogens (primary N) is 1. The average Bonchev–Trinajstić information content (AvgIpc) is 2.92. The van der Waals surface area contributed by atoms with Gasteiger partial charge < -0.3 is 20.9 Å². The van der Waals surface area contributed by atoms with Crippen LogP contribution in [0.25, 0.3) is 0 Å². The van der Waals surface area contributed by atoms with Crippen molar-refractivity contribution in [3.05, 3.63) is 102 Å². The van der Waals surface area contributed by atoms with E-state index in [4.69, 9.17) is 33.7 Å². The Kier molecular flexibility index (Phi) is 11.0. The molecule has 0 aliphatic carbocycles. The number of carbonyl (C=O) groups excluding carboxylic acids is 2. The molecule has 0 aromatic heterocycles. The van der Waals surface area contributed by atoms with Gasteiger partial charge in [0.25, 0.3) is 0 Å². The van der Waals surface area contributed by atoms with Crippen molar-refractivity contribution in [3.8, 4) is 5.75 Å². The molecule has 0 fully saturated rings. The van der Waals surface area contributed by atoms with Crippen LogP contribution in [0.3, 0.4) is 0 Å². The summed E-state index contributed by atoms with van der Waals surface area (Å²) in [5.74, 6) is -1.69. The molecular weight excluding hydrogens is 553 g/mol. The van der Waals surface area contributed by atoms with Crippen LogP contribution in [0.1, 0.15) is 23.1 Å². The lowest BCUT2D eigenvalue weighted by Crippen LogP contribution is -2.66. The van der Waals surface area contributed by atoms with Crippen LogP contribution in [0.4, 0.5) is 4.79 Å². The highest BCUT2D eigenvalue weighted by atomic mass is 35.5. The molecule has 2 atom stereocenters. The molecule has 40 heavy (non-hydrogen) atoms. The van der Waals surface area contributed by atoms with Crippen molar-refractivity contribution in [3.63, 3.8) is 0 Å². The molecule has 3 aromatic carbocycles. The highest BCUT2D eigenvalue weighted by Crippen LogP contribution is 2.39. The lowest BCUT2D eigenvalue weighted by atomic mass is 9.73. The minimum Gasteiger partial charge on any atom is -0.479 e. The second kappa shape index (κ2) is 14.2. The van der Waals surface area contributed by atoms with E-state index in [1.165, 1.54) is 0 Å². The molecule has 0 saturated carbocycles. The van der Waals surface area contributed by atoms with Gasteiger partial charge in [-0.25, -0.2) is 9.59 Å². The first-order chi connectivity index (χ1) is 19.2. The van der Waals surface area contributed by atoms with Gasteiger partial charge in [-0.15, -0.1) is 23.2 Å². The number of halogens is 2. The molecule has 3 rings (SSSR count). The second-order valence-electron chi connectivity index (χ2n) is 9.51. The summed E-state index contributed by atoms with van der Waals surface area (Å²) in [6, 6.07) is 24.2. The summed E-state index contributed by atoms with van der Waals surface area (Å²) in [4.78, 5) is 41.8. The predicted octanol–water partition coefficient (Wildman–Crippen LogP) is 4.70. The molecule has 0 aliphatic heterocycles. The van der Waals surface area contributed by atoms with Gasteiger partial charge in [0.2, 0.25) is 5.91 Å². The number of carbonyl (C=O) groups is 3. The number of para-hydroxylation sites is 1. The van der Waals surface area contributed by atoms with E-state index in [9.17, 15) is 19.5 Å². The molecule has 3 aromatic rings. The number of hydrogen-bond donors (Lipinski definition) is 3.